The molecule has 1 heteroatoms. The van der Waals surface area contributed by atoms with Crippen LogP contribution in [0.15, 0.2) is 12.2 Å². The molecule has 0 radical (unpaired) electrons. The van der Waals surface area contributed by atoms with Crippen molar-refractivity contribution in [1.29, 1.82) is 0 Å². The van der Waals surface area contributed by atoms with Crippen molar-refractivity contribution in [2.45, 2.75) is 58.9 Å². The normalized spacial score (nSPS) is 12.8. The predicted molar refractivity (Wildman–Crippen MR) is 61.0 cm³/mol. The first kappa shape index (κ1) is 12.7. The molecule has 0 heterocycles. The van der Waals surface area contributed by atoms with E-state index in [9.17, 15) is 0 Å². The molecule has 0 rings (SSSR count). The molecule has 1 nitrogen and oxygen atoms in total. The Labute approximate surface area is 83.6 Å². The standard InChI is InChI=1S/C12H25N/c1-5-7-8-9-12(11(3)4)13-10-6-2/h12-13H,3,5-10H2,1-2,4H3. The molecule has 78 valence electrons. The Morgan fingerprint density at radius 2 is 1.92 bits per heavy atom. The van der Waals surface area contributed by atoms with Crippen LogP contribution in [0, 0.1) is 0 Å². The Morgan fingerprint density at radius 3 is 2.38 bits per heavy atom. The van der Waals surface area contributed by atoms with Crippen molar-refractivity contribution in [3.05, 3.63) is 12.2 Å². The summed E-state index contributed by atoms with van der Waals surface area (Å²) in [6.45, 7) is 11.7. The molecule has 0 aliphatic heterocycles. The van der Waals surface area contributed by atoms with E-state index in [1.165, 1.54) is 37.7 Å². The van der Waals surface area contributed by atoms with Crippen LogP contribution in [0.4, 0.5) is 0 Å². The number of unbranched alkanes of at least 4 members (excludes halogenated alkanes) is 2. The van der Waals surface area contributed by atoms with Crippen molar-refractivity contribution in [3.63, 3.8) is 0 Å². The minimum Gasteiger partial charge on any atom is -0.310 e. The molecule has 0 saturated heterocycles. The second-order valence-corrected chi connectivity index (χ2v) is 3.85. The summed E-state index contributed by atoms with van der Waals surface area (Å²) >= 11 is 0. The molecular formula is C12H25N. The number of rotatable bonds is 8. The van der Waals surface area contributed by atoms with E-state index in [1.54, 1.807) is 0 Å². The topological polar surface area (TPSA) is 12.0 Å². The molecule has 0 aliphatic rings. The van der Waals surface area contributed by atoms with Gasteiger partial charge in [0.1, 0.15) is 0 Å². The molecule has 13 heavy (non-hydrogen) atoms. The maximum atomic E-state index is 4.02. The van der Waals surface area contributed by atoms with Crippen molar-refractivity contribution in [2.75, 3.05) is 6.54 Å². The smallest absolute Gasteiger partial charge is 0.0274 e. The lowest BCUT2D eigenvalue weighted by Gasteiger charge is -2.18. The summed E-state index contributed by atoms with van der Waals surface area (Å²) < 4.78 is 0. The Balaban J connectivity index is 3.61. The van der Waals surface area contributed by atoms with Gasteiger partial charge in [0.2, 0.25) is 0 Å². The maximum Gasteiger partial charge on any atom is 0.0274 e. The zero-order valence-corrected chi connectivity index (χ0v) is 9.53. The van der Waals surface area contributed by atoms with E-state index < -0.39 is 0 Å². The summed E-state index contributed by atoms with van der Waals surface area (Å²) in [5.74, 6) is 0. The lowest BCUT2D eigenvalue weighted by Crippen LogP contribution is -2.30. The molecule has 0 aliphatic carbocycles. The highest BCUT2D eigenvalue weighted by molar-refractivity contribution is 5.01. The van der Waals surface area contributed by atoms with Gasteiger partial charge in [-0.2, -0.15) is 0 Å². The fourth-order valence-electron chi connectivity index (χ4n) is 1.44. The third-order valence-corrected chi connectivity index (χ3v) is 2.33. The molecule has 1 N–H and O–H groups in total. The number of hydrogen-bond donors (Lipinski definition) is 1. The largest absolute Gasteiger partial charge is 0.310 e. The van der Waals surface area contributed by atoms with E-state index in [0.29, 0.717) is 6.04 Å². The highest BCUT2D eigenvalue weighted by Crippen LogP contribution is 2.09. The highest BCUT2D eigenvalue weighted by atomic mass is 14.9. The lowest BCUT2D eigenvalue weighted by molar-refractivity contribution is 0.505. The molecule has 0 bridgehead atoms. The van der Waals surface area contributed by atoms with Gasteiger partial charge < -0.3 is 5.32 Å². The van der Waals surface area contributed by atoms with E-state index in [4.69, 9.17) is 0 Å². The summed E-state index contributed by atoms with van der Waals surface area (Å²) in [6, 6.07) is 0.548. The molecule has 0 saturated carbocycles. The van der Waals surface area contributed by atoms with Gasteiger partial charge in [-0.1, -0.05) is 45.3 Å². The van der Waals surface area contributed by atoms with Crippen LogP contribution in [0.3, 0.4) is 0 Å². The second-order valence-electron chi connectivity index (χ2n) is 3.85. The minimum atomic E-state index is 0.548. The third-order valence-electron chi connectivity index (χ3n) is 2.33. The second kappa shape index (κ2) is 8.31. The van der Waals surface area contributed by atoms with Crippen LogP contribution < -0.4 is 5.32 Å². The monoisotopic (exact) mass is 183 g/mol. The van der Waals surface area contributed by atoms with Crippen LogP contribution in [0.25, 0.3) is 0 Å². The highest BCUT2D eigenvalue weighted by Gasteiger charge is 2.06. The molecule has 0 aromatic heterocycles. The molecule has 0 amide bonds. The van der Waals surface area contributed by atoms with Crippen molar-refractivity contribution in [2.24, 2.45) is 0 Å². The van der Waals surface area contributed by atoms with E-state index in [2.05, 4.69) is 32.7 Å². The Morgan fingerprint density at radius 1 is 1.23 bits per heavy atom. The summed E-state index contributed by atoms with van der Waals surface area (Å²) in [6.07, 6.45) is 6.43. The molecule has 0 spiro atoms. The van der Waals surface area contributed by atoms with Gasteiger partial charge >= 0.3 is 0 Å². The molecular weight excluding hydrogens is 158 g/mol. The first-order valence-electron chi connectivity index (χ1n) is 5.61. The lowest BCUT2D eigenvalue weighted by atomic mass is 10.0. The molecule has 0 aromatic rings. The van der Waals surface area contributed by atoms with Gasteiger partial charge in [-0.3, -0.25) is 0 Å². The molecule has 1 unspecified atom stereocenters. The van der Waals surface area contributed by atoms with E-state index in [1.807, 2.05) is 0 Å². The minimum absolute atomic E-state index is 0.548. The first-order chi connectivity index (χ1) is 6.22. The summed E-state index contributed by atoms with van der Waals surface area (Å²) in [4.78, 5) is 0. The Bertz CT molecular complexity index is 129. The van der Waals surface area contributed by atoms with Gasteiger partial charge in [-0.15, -0.1) is 0 Å². The fourth-order valence-corrected chi connectivity index (χ4v) is 1.44. The van der Waals surface area contributed by atoms with Crippen LogP contribution in [0.5, 0.6) is 0 Å². The van der Waals surface area contributed by atoms with Crippen molar-refractivity contribution >= 4 is 0 Å². The Hall–Kier alpha value is -0.300. The number of nitrogens with one attached hydrogen (secondary N) is 1. The quantitative estimate of drug-likeness (QED) is 0.448. The van der Waals surface area contributed by atoms with Crippen LogP contribution >= 0.6 is 0 Å². The van der Waals surface area contributed by atoms with E-state index >= 15 is 0 Å². The fraction of sp³-hybridized carbons (Fsp3) is 0.833. The predicted octanol–water partition coefficient (Wildman–Crippen LogP) is 3.51. The maximum absolute atomic E-state index is 4.02. The van der Waals surface area contributed by atoms with Gasteiger partial charge in [0, 0.05) is 6.04 Å². The van der Waals surface area contributed by atoms with Crippen LogP contribution in [-0.4, -0.2) is 12.6 Å². The van der Waals surface area contributed by atoms with Crippen molar-refractivity contribution in [1.82, 2.24) is 5.32 Å². The Kier molecular flexibility index (Phi) is 8.11. The zero-order chi connectivity index (χ0) is 10.1. The van der Waals surface area contributed by atoms with Gasteiger partial charge in [-0.25, -0.2) is 0 Å². The van der Waals surface area contributed by atoms with Gasteiger partial charge in [-0.05, 0) is 26.3 Å². The third kappa shape index (κ3) is 6.83. The SMILES string of the molecule is C=C(C)C(CCCCC)NCCC. The van der Waals surface area contributed by atoms with E-state index in [-0.39, 0.29) is 0 Å². The van der Waals surface area contributed by atoms with E-state index in [0.717, 1.165) is 6.54 Å². The summed E-state index contributed by atoms with van der Waals surface area (Å²) in [5.41, 5.74) is 1.28. The molecule has 0 fully saturated rings. The van der Waals surface area contributed by atoms with Gasteiger partial charge in [0.25, 0.3) is 0 Å². The molecule has 0 aromatic carbocycles. The summed E-state index contributed by atoms with van der Waals surface area (Å²) in [7, 11) is 0. The zero-order valence-electron chi connectivity index (χ0n) is 9.53. The first-order valence-corrected chi connectivity index (χ1v) is 5.61. The average molecular weight is 183 g/mol. The van der Waals surface area contributed by atoms with Crippen molar-refractivity contribution < 1.29 is 0 Å². The van der Waals surface area contributed by atoms with Crippen LogP contribution in [0.2, 0.25) is 0 Å². The van der Waals surface area contributed by atoms with Crippen LogP contribution in [0.1, 0.15) is 52.9 Å². The average Bonchev–Trinajstić information content (AvgIpc) is 2.10. The van der Waals surface area contributed by atoms with Gasteiger partial charge in [0.05, 0.1) is 0 Å². The van der Waals surface area contributed by atoms with Crippen LogP contribution in [-0.2, 0) is 0 Å². The summed E-state index contributed by atoms with van der Waals surface area (Å²) in [5, 5.41) is 3.53. The number of hydrogen-bond acceptors (Lipinski definition) is 1. The van der Waals surface area contributed by atoms with Gasteiger partial charge in [0.15, 0.2) is 0 Å². The molecule has 1 atom stereocenters. The van der Waals surface area contributed by atoms with Crippen molar-refractivity contribution in [3.8, 4) is 0 Å².